The maximum Gasteiger partial charge on any atom is 0.0471 e. The predicted octanol–water partition coefficient (Wildman–Crippen LogP) is 0.938. The summed E-state index contributed by atoms with van der Waals surface area (Å²) in [7, 11) is 0. The van der Waals surface area contributed by atoms with E-state index in [1.54, 1.807) is 0 Å². The van der Waals surface area contributed by atoms with Gasteiger partial charge in [0.1, 0.15) is 0 Å². The molecule has 1 aliphatic rings. The van der Waals surface area contributed by atoms with Crippen LogP contribution in [0.3, 0.4) is 0 Å². The number of likely N-dealkylation sites (tertiary alicyclic amines) is 1. The van der Waals surface area contributed by atoms with Crippen molar-refractivity contribution < 1.29 is 5.11 Å². The van der Waals surface area contributed by atoms with Crippen LogP contribution in [0.5, 0.6) is 0 Å². The Labute approximate surface area is 90.8 Å². The third kappa shape index (κ3) is 3.01. The fourth-order valence-corrected chi connectivity index (χ4v) is 2.08. The van der Waals surface area contributed by atoms with Crippen LogP contribution in [0, 0.1) is 5.92 Å². The first-order valence-electron chi connectivity index (χ1n) is 5.61. The number of rotatable bonds is 4. The predicted molar refractivity (Wildman–Crippen MR) is 59.6 cm³/mol. The molecule has 1 saturated heterocycles. The van der Waals surface area contributed by atoms with E-state index in [-0.39, 0.29) is 0 Å². The molecule has 82 valence electrons. The van der Waals surface area contributed by atoms with Crippen molar-refractivity contribution in [1.82, 2.24) is 9.88 Å². The third-order valence-electron chi connectivity index (χ3n) is 3.04. The van der Waals surface area contributed by atoms with Crippen LogP contribution in [-0.2, 0) is 6.42 Å². The zero-order valence-electron chi connectivity index (χ0n) is 8.97. The lowest BCUT2D eigenvalue weighted by atomic mass is 10.1. The van der Waals surface area contributed by atoms with Crippen molar-refractivity contribution in [3.63, 3.8) is 0 Å². The zero-order valence-corrected chi connectivity index (χ0v) is 8.97. The van der Waals surface area contributed by atoms with Gasteiger partial charge in [0, 0.05) is 38.0 Å². The summed E-state index contributed by atoms with van der Waals surface area (Å²) in [6, 6.07) is 6.05. The lowest BCUT2D eigenvalue weighted by Crippen LogP contribution is -2.24. The largest absolute Gasteiger partial charge is 0.396 e. The SMILES string of the molecule is OCC1CCN(CCc2ccccn2)C1. The minimum atomic E-state index is 0.333. The van der Waals surface area contributed by atoms with Crippen molar-refractivity contribution in [2.45, 2.75) is 12.8 Å². The molecule has 0 aliphatic carbocycles. The van der Waals surface area contributed by atoms with Gasteiger partial charge in [0.25, 0.3) is 0 Å². The summed E-state index contributed by atoms with van der Waals surface area (Å²) in [6.07, 6.45) is 3.99. The van der Waals surface area contributed by atoms with Gasteiger partial charge in [-0.25, -0.2) is 0 Å². The van der Waals surface area contributed by atoms with Gasteiger partial charge in [-0.2, -0.15) is 0 Å². The van der Waals surface area contributed by atoms with Crippen LogP contribution in [0.1, 0.15) is 12.1 Å². The molecule has 0 amide bonds. The minimum Gasteiger partial charge on any atom is -0.396 e. The maximum atomic E-state index is 9.03. The van der Waals surface area contributed by atoms with Gasteiger partial charge in [0.15, 0.2) is 0 Å². The highest BCUT2D eigenvalue weighted by atomic mass is 16.3. The third-order valence-corrected chi connectivity index (χ3v) is 3.04. The number of hydrogen-bond acceptors (Lipinski definition) is 3. The molecule has 2 heterocycles. The van der Waals surface area contributed by atoms with Crippen LogP contribution in [0.2, 0.25) is 0 Å². The van der Waals surface area contributed by atoms with Crippen LogP contribution in [0.4, 0.5) is 0 Å². The molecule has 1 fully saturated rings. The molecule has 0 saturated carbocycles. The minimum absolute atomic E-state index is 0.333. The monoisotopic (exact) mass is 206 g/mol. The Hall–Kier alpha value is -0.930. The molecule has 15 heavy (non-hydrogen) atoms. The maximum absolute atomic E-state index is 9.03. The molecule has 3 heteroatoms. The Bertz CT molecular complexity index is 289. The number of aliphatic hydroxyl groups is 1. The smallest absolute Gasteiger partial charge is 0.0471 e. The molecule has 0 spiro atoms. The molecule has 1 atom stereocenters. The molecule has 0 radical (unpaired) electrons. The molecule has 1 aromatic heterocycles. The molecule has 0 bridgehead atoms. The molecule has 2 rings (SSSR count). The normalized spacial score (nSPS) is 22.1. The second kappa shape index (κ2) is 5.24. The Morgan fingerprint density at radius 3 is 3.07 bits per heavy atom. The van der Waals surface area contributed by atoms with Gasteiger partial charge in [0.05, 0.1) is 0 Å². The highest BCUT2D eigenvalue weighted by Gasteiger charge is 2.20. The lowest BCUT2D eigenvalue weighted by molar-refractivity contribution is 0.222. The van der Waals surface area contributed by atoms with Crippen LogP contribution in [0.25, 0.3) is 0 Å². The summed E-state index contributed by atoms with van der Waals surface area (Å²) < 4.78 is 0. The average Bonchev–Trinajstić information content (AvgIpc) is 2.76. The van der Waals surface area contributed by atoms with E-state index in [1.165, 1.54) is 0 Å². The number of hydrogen-bond donors (Lipinski definition) is 1. The summed E-state index contributed by atoms with van der Waals surface area (Å²) in [5, 5.41) is 9.03. The van der Waals surface area contributed by atoms with Crippen molar-refractivity contribution >= 4 is 0 Å². The van der Waals surface area contributed by atoms with Crippen molar-refractivity contribution in [3.05, 3.63) is 30.1 Å². The average molecular weight is 206 g/mol. The molecule has 1 unspecified atom stereocenters. The molecule has 1 aliphatic heterocycles. The summed E-state index contributed by atoms with van der Waals surface area (Å²) in [6.45, 7) is 3.56. The number of pyridine rings is 1. The lowest BCUT2D eigenvalue weighted by Gasteiger charge is -2.14. The van der Waals surface area contributed by atoms with E-state index in [4.69, 9.17) is 5.11 Å². The van der Waals surface area contributed by atoms with E-state index < -0.39 is 0 Å². The summed E-state index contributed by atoms with van der Waals surface area (Å²) in [4.78, 5) is 6.72. The van der Waals surface area contributed by atoms with Gasteiger partial charge in [0.2, 0.25) is 0 Å². The first-order valence-corrected chi connectivity index (χ1v) is 5.61. The Balaban J connectivity index is 1.75. The van der Waals surface area contributed by atoms with Gasteiger partial charge < -0.3 is 10.0 Å². The standard InChI is InChI=1S/C12H18N2O/c15-10-11-4-7-14(9-11)8-5-12-3-1-2-6-13-12/h1-3,6,11,15H,4-5,7-10H2. The van der Waals surface area contributed by atoms with Crippen molar-refractivity contribution in [2.24, 2.45) is 5.92 Å². The van der Waals surface area contributed by atoms with Gasteiger partial charge in [-0.1, -0.05) is 6.07 Å². The van der Waals surface area contributed by atoms with Crippen molar-refractivity contribution in [2.75, 3.05) is 26.2 Å². The zero-order chi connectivity index (χ0) is 10.5. The van der Waals surface area contributed by atoms with E-state index in [0.717, 1.165) is 38.2 Å². The van der Waals surface area contributed by atoms with Gasteiger partial charge >= 0.3 is 0 Å². The van der Waals surface area contributed by atoms with Gasteiger partial charge in [-0.15, -0.1) is 0 Å². The Morgan fingerprint density at radius 1 is 1.47 bits per heavy atom. The van der Waals surface area contributed by atoms with E-state index in [2.05, 4.69) is 16.0 Å². The van der Waals surface area contributed by atoms with E-state index in [0.29, 0.717) is 12.5 Å². The number of nitrogens with zero attached hydrogens (tertiary/aromatic N) is 2. The molecule has 1 aromatic rings. The quantitative estimate of drug-likeness (QED) is 0.796. The highest BCUT2D eigenvalue weighted by Crippen LogP contribution is 2.15. The molecular formula is C12H18N2O. The van der Waals surface area contributed by atoms with E-state index >= 15 is 0 Å². The first-order chi connectivity index (χ1) is 7.38. The van der Waals surface area contributed by atoms with Gasteiger partial charge in [-0.05, 0) is 31.0 Å². The molecule has 0 aromatic carbocycles. The van der Waals surface area contributed by atoms with E-state index in [9.17, 15) is 0 Å². The molecular weight excluding hydrogens is 188 g/mol. The van der Waals surface area contributed by atoms with Crippen molar-refractivity contribution in [1.29, 1.82) is 0 Å². The van der Waals surface area contributed by atoms with Crippen molar-refractivity contribution in [3.8, 4) is 0 Å². The van der Waals surface area contributed by atoms with Crippen LogP contribution < -0.4 is 0 Å². The van der Waals surface area contributed by atoms with Crippen LogP contribution in [-0.4, -0.2) is 41.2 Å². The summed E-state index contributed by atoms with van der Waals surface area (Å²) in [5.41, 5.74) is 1.16. The summed E-state index contributed by atoms with van der Waals surface area (Å²) in [5.74, 6) is 0.494. The first kappa shape index (κ1) is 10.6. The molecule has 3 nitrogen and oxygen atoms in total. The Kier molecular flexibility index (Phi) is 3.69. The fraction of sp³-hybridized carbons (Fsp3) is 0.583. The second-order valence-electron chi connectivity index (χ2n) is 4.21. The number of aromatic nitrogens is 1. The van der Waals surface area contributed by atoms with Crippen LogP contribution in [0.15, 0.2) is 24.4 Å². The second-order valence-corrected chi connectivity index (χ2v) is 4.21. The summed E-state index contributed by atoms with van der Waals surface area (Å²) >= 11 is 0. The topological polar surface area (TPSA) is 36.4 Å². The highest BCUT2D eigenvalue weighted by molar-refractivity contribution is 5.03. The fourth-order valence-electron chi connectivity index (χ4n) is 2.08. The molecule has 1 N–H and O–H groups in total. The van der Waals surface area contributed by atoms with E-state index in [1.807, 2.05) is 18.3 Å². The van der Waals surface area contributed by atoms with Crippen LogP contribution >= 0.6 is 0 Å². The number of aliphatic hydroxyl groups excluding tert-OH is 1. The van der Waals surface area contributed by atoms with Gasteiger partial charge in [-0.3, -0.25) is 4.98 Å². The Morgan fingerprint density at radius 2 is 2.40 bits per heavy atom.